The van der Waals surface area contributed by atoms with E-state index in [4.69, 9.17) is 10.3 Å². The number of nitrogens with two attached hydrogens (primary N) is 1. The van der Waals surface area contributed by atoms with Crippen LogP contribution in [0.2, 0.25) is 0 Å². The zero-order valence-electron chi connectivity index (χ0n) is 7.28. The van der Waals surface area contributed by atoms with E-state index in [1.807, 2.05) is 0 Å². The second kappa shape index (κ2) is 9.50. The Morgan fingerprint density at radius 3 is 1.83 bits per heavy atom. The van der Waals surface area contributed by atoms with Gasteiger partial charge in [0.2, 0.25) is 0 Å². The van der Waals surface area contributed by atoms with E-state index in [0.717, 1.165) is 0 Å². The van der Waals surface area contributed by atoms with Gasteiger partial charge in [-0.15, -0.1) is 0 Å². The van der Waals surface area contributed by atoms with Gasteiger partial charge < -0.3 is 17.5 Å². The van der Waals surface area contributed by atoms with E-state index in [1.165, 1.54) is 6.92 Å². The summed E-state index contributed by atoms with van der Waals surface area (Å²) in [5.41, 5.74) is 4.78. The third kappa shape index (κ3) is 47.4. The Bertz CT molecular complexity index is 197. The Morgan fingerprint density at radius 2 is 1.83 bits per heavy atom. The molecule has 3 N–H and O–H groups in total. The maximum Gasteiger partial charge on any atom is 1.00 e. The van der Waals surface area contributed by atoms with Gasteiger partial charge in [0.1, 0.15) is 0 Å². The van der Waals surface area contributed by atoms with Crippen molar-refractivity contribution in [2.75, 3.05) is 12.3 Å². The minimum absolute atomic E-state index is 0. The van der Waals surface area contributed by atoms with E-state index < -0.39 is 10.1 Å². The van der Waals surface area contributed by atoms with Crippen LogP contribution in [0.5, 0.6) is 0 Å². The van der Waals surface area contributed by atoms with Gasteiger partial charge in [0.05, 0.1) is 5.75 Å². The van der Waals surface area contributed by atoms with Gasteiger partial charge in [-0.2, -0.15) is 8.42 Å². The van der Waals surface area contributed by atoms with Gasteiger partial charge in [0, 0.05) is 6.54 Å². The van der Waals surface area contributed by atoms with Crippen LogP contribution < -0.4 is 35.3 Å². The molecule has 0 aliphatic rings. The topological polar surface area (TPSA) is 97.5 Å². The molecule has 0 aliphatic heterocycles. The molecule has 7 heteroatoms. The molecular weight excluding hydrogens is 193 g/mol. The summed E-state index contributed by atoms with van der Waals surface area (Å²) in [6, 6.07) is 0. The van der Waals surface area contributed by atoms with Crippen molar-refractivity contribution in [3.8, 4) is 0 Å². The van der Waals surface area contributed by atoms with E-state index in [2.05, 4.69) is 6.92 Å². The van der Waals surface area contributed by atoms with Crippen LogP contribution in [0, 0.1) is 6.92 Å². The van der Waals surface area contributed by atoms with Gasteiger partial charge >= 0.3 is 29.6 Å². The fourth-order valence-corrected chi connectivity index (χ4v) is 0.447. The smallest absolute Gasteiger partial charge is 0.340 e. The second-order valence-electron chi connectivity index (χ2n) is 1.78. The number of ketones is 1. The van der Waals surface area contributed by atoms with Crippen LogP contribution in [-0.2, 0) is 14.9 Å². The number of carbonyl (C=O) groups excluding carboxylic acids is 1. The van der Waals surface area contributed by atoms with Crippen molar-refractivity contribution >= 4 is 15.9 Å². The van der Waals surface area contributed by atoms with Crippen molar-refractivity contribution < 1.29 is 47.3 Å². The predicted octanol–water partition coefficient (Wildman–Crippen LogP) is -3.75. The Balaban J connectivity index is -0.000000142. The van der Waals surface area contributed by atoms with Crippen molar-refractivity contribution in [2.45, 2.75) is 6.92 Å². The maximum absolute atomic E-state index is 9.71. The first kappa shape index (κ1) is 18.2. The fraction of sp³-hybridized carbons (Fsp3) is 0.600. The minimum atomic E-state index is -3.80. The Hall–Kier alpha value is 0.410. The average Bonchev–Trinajstić information content (AvgIpc) is 1.58. The van der Waals surface area contributed by atoms with Gasteiger partial charge in [0.15, 0.2) is 0 Å². The van der Waals surface area contributed by atoms with Gasteiger partial charge in [-0.1, -0.05) is 0 Å². The molecule has 68 valence electrons. The van der Waals surface area contributed by atoms with Crippen LogP contribution in [0.15, 0.2) is 0 Å². The van der Waals surface area contributed by atoms with Crippen LogP contribution in [0.4, 0.5) is 0 Å². The summed E-state index contributed by atoms with van der Waals surface area (Å²) in [6.45, 7) is 4.39. The van der Waals surface area contributed by atoms with Crippen LogP contribution in [0.1, 0.15) is 6.92 Å². The van der Waals surface area contributed by atoms with Crippen LogP contribution >= 0.6 is 0 Å². The number of hydrogen-bond donors (Lipinski definition) is 2. The van der Waals surface area contributed by atoms with Crippen LogP contribution in [0.3, 0.4) is 0 Å². The third-order valence-corrected chi connectivity index (χ3v) is 1.13. The molecule has 0 atom stereocenters. The molecule has 0 amide bonds. The normalized spacial score (nSPS) is 8.92. The summed E-state index contributed by atoms with van der Waals surface area (Å²) in [5, 5.41) is 0. The zero-order valence-corrected chi connectivity index (χ0v) is 10.1. The van der Waals surface area contributed by atoms with E-state index in [0.29, 0.717) is 0 Å². The predicted molar refractivity (Wildman–Crippen MR) is 41.5 cm³/mol. The van der Waals surface area contributed by atoms with Crippen LogP contribution in [-0.4, -0.2) is 31.1 Å². The first-order valence-corrected chi connectivity index (χ1v) is 4.38. The molecule has 0 radical (unpaired) electrons. The standard InChI is InChI=1S/C3H5O.C2H7NO3S.Na/c1-3(2)4;3-1-2-7(4,5)6;/h1H2,2H3;1-3H2,(H,4,5,6);/q-1;;+1. The molecule has 0 aromatic carbocycles. The van der Waals surface area contributed by atoms with E-state index in [1.54, 1.807) is 0 Å². The van der Waals surface area contributed by atoms with Crippen molar-refractivity contribution in [2.24, 2.45) is 5.73 Å². The summed E-state index contributed by atoms with van der Waals surface area (Å²) in [5.74, 6) is -0.438. The van der Waals surface area contributed by atoms with E-state index >= 15 is 0 Å². The summed E-state index contributed by atoms with van der Waals surface area (Å²) in [7, 11) is -3.80. The monoisotopic (exact) mass is 205 g/mol. The first-order valence-electron chi connectivity index (χ1n) is 2.77. The summed E-state index contributed by atoms with van der Waals surface area (Å²) >= 11 is 0. The first-order chi connectivity index (χ1) is 4.79. The molecule has 5 nitrogen and oxygen atoms in total. The second-order valence-corrected chi connectivity index (χ2v) is 3.35. The molecule has 0 fully saturated rings. The zero-order chi connectivity index (χ0) is 9.49. The molecule has 0 heterocycles. The molecule has 0 aromatic heterocycles. The summed E-state index contributed by atoms with van der Waals surface area (Å²) in [6.07, 6.45) is 0. The number of Topliss-reactive ketones (excluding diaryl/α,β-unsaturated/α-hetero) is 1. The molecule has 0 spiro atoms. The molecule has 0 unspecified atom stereocenters. The SMILES string of the molecule is NCCS(=O)(=O)O.[CH2-]C(C)=O.[Na+]. The van der Waals surface area contributed by atoms with Crippen molar-refractivity contribution in [1.29, 1.82) is 0 Å². The average molecular weight is 205 g/mol. The van der Waals surface area contributed by atoms with Crippen LogP contribution in [0.25, 0.3) is 0 Å². The molecule has 0 aromatic rings. The number of hydrogen-bond acceptors (Lipinski definition) is 4. The molecule has 0 aliphatic carbocycles. The van der Waals surface area contributed by atoms with Crippen molar-refractivity contribution in [3.63, 3.8) is 0 Å². The fourth-order valence-electron chi connectivity index (χ4n) is 0.149. The van der Waals surface area contributed by atoms with E-state index in [9.17, 15) is 13.2 Å². The minimum Gasteiger partial charge on any atom is -0.340 e. The van der Waals surface area contributed by atoms with Gasteiger partial charge in [-0.05, 0) is 12.7 Å². The molecular formula is C5H12NNaO4S. The number of carbonyl (C=O) groups is 1. The largest absolute Gasteiger partial charge is 1.00 e. The van der Waals surface area contributed by atoms with Crippen molar-refractivity contribution in [3.05, 3.63) is 6.92 Å². The summed E-state index contributed by atoms with van der Waals surface area (Å²) in [4.78, 5) is 9.33. The molecule has 0 rings (SSSR count). The Morgan fingerprint density at radius 1 is 1.58 bits per heavy atom. The Labute approximate surface area is 94.7 Å². The molecule has 12 heavy (non-hydrogen) atoms. The van der Waals surface area contributed by atoms with Crippen molar-refractivity contribution in [1.82, 2.24) is 0 Å². The van der Waals surface area contributed by atoms with Gasteiger partial charge in [0.25, 0.3) is 10.1 Å². The van der Waals surface area contributed by atoms with Gasteiger partial charge in [-0.3, -0.25) is 4.55 Å². The molecule has 0 bridgehead atoms. The Kier molecular flexibility index (Phi) is 14.4. The third-order valence-electron chi connectivity index (χ3n) is 0.376. The van der Waals surface area contributed by atoms with Gasteiger partial charge in [-0.25, -0.2) is 0 Å². The summed E-state index contributed by atoms with van der Waals surface area (Å²) < 4.78 is 27.3. The van der Waals surface area contributed by atoms with E-state index in [-0.39, 0.29) is 47.6 Å². The molecule has 0 saturated carbocycles. The maximum atomic E-state index is 9.71. The quantitative estimate of drug-likeness (QED) is 0.274. The number of rotatable bonds is 2. The molecule has 0 saturated heterocycles.